The monoisotopic (exact) mass is 595 g/mol. The Morgan fingerprint density at radius 1 is 0.881 bits per heavy atom. The van der Waals surface area contributed by atoms with Crippen LogP contribution in [0.4, 0.5) is 30.7 Å². The van der Waals surface area contributed by atoms with Crippen LogP contribution in [0.1, 0.15) is 67.3 Å². The van der Waals surface area contributed by atoms with Crippen molar-refractivity contribution in [2.45, 2.75) is 57.4 Å². The van der Waals surface area contributed by atoms with Crippen molar-refractivity contribution in [3.8, 4) is 11.1 Å². The van der Waals surface area contributed by atoms with Gasteiger partial charge in [0, 0.05) is 0 Å². The van der Waals surface area contributed by atoms with Gasteiger partial charge in [-0.15, -0.1) is 0 Å². The highest BCUT2D eigenvalue weighted by molar-refractivity contribution is 5.78. The van der Waals surface area contributed by atoms with E-state index in [4.69, 9.17) is 0 Å². The van der Waals surface area contributed by atoms with E-state index in [0.717, 1.165) is 12.1 Å². The number of nitrogens with zero attached hydrogens (tertiary/aromatic N) is 1. The van der Waals surface area contributed by atoms with Crippen molar-refractivity contribution in [2.24, 2.45) is 11.8 Å². The zero-order chi connectivity index (χ0) is 30.8. The van der Waals surface area contributed by atoms with Crippen LogP contribution in [-0.2, 0) is 11.0 Å². The normalized spacial score (nSPS) is 16.9. The molecule has 2 atom stereocenters. The number of likely N-dealkylation sites (tertiary alicyclic amines) is 1. The third-order valence-electron chi connectivity index (χ3n) is 7.85. The van der Waals surface area contributed by atoms with Crippen LogP contribution < -0.4 is 0 Å². The van der Waals surface area contributed by atoms with Crippen molar-refractivity contribution in [1.82, 2.24) is 4.90 Å². The summed E-state index contributed by atoms with van der Waals surface area (Å²) in [5.74, 6) is -3.82. The van der Waals surface area contributed by atoms with E-state index < -0.39 is 47.6 Å². The summed E-state index contributed by atoms with van der Waals surface area (Å²) in [6.45, 7) is 3.95. The summed E-state index contributed by atoms with van der Waals surface area (Å²) in [4.78, 5) is 14.1. The van der Waals surface area contributed by atoms with E-state index >= 15 is 0 Å². The molecule has 1 heterocycles. The molecule has 42 heavy (non-hydrogen) atoms. The first-order valence-electron chi connectivity index (χ1n) is 13.8. The molecule has 0 radical (unpaired) electrons. The fourth-order valence-electron chi connectivity index (χ4n) is 5.69. The maximum atomic E-state index is 13.9. The van der Waals surface area contributed by atoms with Gasteiger partial charge in [-0.3, -0.25) is 9.69 Å². The van der Waals surface area contributed by atoms with Crippen molar-refractivity contribution < 1.29 is 40.6 Å². The van der Waals surface area contributed by atoms with Crippen molar-refractivity contribution in [3.63, 3.8) is 0 Å². The summed E-state index contributed by atoms with van der Waals surface area (Å²) < 4.78 is 94.3. The second-order valence-electron chi connectivity index (χ2n) is 11.2. The number of hydrogen-bond acceptors (Lipinski definition) is 2. The van der Waals surface area contributed by atoms with Gasteiger partial charge < -0.3 is 5.11 Å². The van der Waals surface area contributed by atoms with E-state index in [2.05, 4.69) is 0 Å². The third kappa shape index (κ3) is 7.32. The average molecular weight is 596 g/mol. The first-order chi connectivity index (χ1) is 19.6. The summed E-state index contributed by atoms with van der Waals surface area (Å²) in [5, 5.41) is 9.98. The Morgan fingerprint density at radius 3 is 1.95 bits per heavy atom. The molecule has 3 nitrogen and oxygen atoms in total. The summed E-state index contributed by atoms with van der Waals surface area (Å²) in [5.41, 5.74) is 1.64. The van der Waals surface area contributed by atoms with E-state index in [0.29, 0.717) is 34.2 Å². The van der Waals surface area contributed by atoms with Gasteiger partial charge in [0.15, 0.2) is 0 Å². The standard InChI is InChI=1S/C32H32F7NO2/c1-19(2)17-28(30(41)42)22-7-12-26(27(18-22)20-3-8-23(9-4-20)31(34,35)36)29(21-5-10-25(33)11-6-21)40-15-13-24(14-16-40)32(37,38)39/h3-12,18-19,24,28-29H,13-17H2,1-2H3,(H,41,42)/t28-,29+/m1/s1. The Bertz CT molecular complexity index is 1360. The number of halogens is 7. The number of alkyl halides is 6. The van der Waals surface area contributed by atoms with E-state index in [1.165, 1.54) is 24.3 Å². The van der Waals surface area contributed by atoms with Gasteiger partial charge in [0.2, 0.25) is 0 Å². The number of hydrogen-bond donors (Lipinski definition) is 1. The number of aliphatic carboxylic acids is 1. The topological polar surface area (TPSA) is 40.5 Å². The van der Waals surface area contributed by atoms with Gasteiger partial charge >= 0.3 is 18.3 Å². The lowest BCUT2D eigenvalue weighted by atomic mass is 9.83. The number of rotatable bonds is 8. The molecular weight excluding hydrogens is 563 g/mol. The van der Waals surface area contributed by atoms with Crippen molar-refractivity contribution in [2.75, 3.05) is 13.1 Å². The molecule has 1 aliphatic heterocycles. The summed E-state index contributed by atoms with van der Waals surface area (Å²) in [7, 11) is 0. The van der Waals surface area contributed by atoms with Gasteiger partial charge in [0.1, 0.15) is 5.82 Å². The second kappa shape index (κ2) is 12.5. The van der Waals surface area contributed by atoms with Crippen molar-refractivity contribution >= 4 is 5.97 Å². The number of piperidine rings is 1. The Balaban J connectivity index is 1.88. The minimum Gasteiger partial charge on any atom is -0.481 e. The first-order valence-corrected chi connectivity index (χ1v) is 13.8. The quantitative estimate of drug-likeness (QED) is 0.264. The number of carboxylic acids is 1. The van der Waals surface area contributed by atoms with Crippen LogP contribution in [-0.4, -0.2) is 35.2 Å². The lowest BCUT2D eigenvalue weighted by molar-refractivity contribution is -0.185. The minimum absolute atomic E-state index is 0.0437. The number of carboxylic acid groups (broad SMARTS) is 1. The Kier molecular flexibility index (Phi) is 9.35. The summed E-state index contributed by atoms with van der Waals surface area (Å²) >= 11 is 0. The molecule has 0 saturated carbocycles. The predicted molar refractivity (Wildman–Crippen MR) is 145 cm³/mol. The Labute approximate surface area is 240 Å². The molecular formula is C32H32F7NO2. The molecule has 3 aromatic rings. The van der Waals surface area contributed by atoms with Gasteiger partial charge in [0.05, 0.1) is 23.4 Å². The Morgan fingerprint density at radius 2 is 1.45 bits per heavy atom. The third-order valence-corrected chi connectivity index (χ3v) is 7.85. The largest absolute Gasteiger partial charge is 0.481 e. The van der Waals surface area contributed by atoms with Gasteiger partial charge in [-0.25, -0.2) is 4.39 Å². The maximum Gasteiger partial charge on any atom is 0.416 e. The molecule has 1 N–H and O–H groups in total. The van der Waals surface area contributed by atoms with Gasteiger partial charge in [0.25, 0.3) is 0 Å². The second-order valence-corrected chi connectivity index (χ2v) is 11.2. The van der Waals surface area contributed by atoms with Crippen molar-refractivity contribution in [3.05, 3.63) is 94.8 Å². The highest BCUT2D eigenvalue weighted by Gasteiger charge is 2.42. The van der Waals surface area contributed by atoms with Crippen LogP contribution in [0, 0.1) is 17.7 Å². The molecule has 1 aliphatic rings. The van der Waals surface area contributed by atoms with Crippen LogP contribution >= 0.6 is 0 Å². The van der Waals surface area contributed by atoms with Gasteiger partial charge in [-0.2, -0.15) is 26.3 Å². The van der Waals surface area contributed by atoms with E-state index in [9.17, 15) is 40.6 Å². The molecule has 0 bridgehead atoms. The number of benzene rings is 3. The lowest BCUT2D eigenvalue weighted by Gasteiger charge is -2.39. The molecule has 0 aromatic heterocycles. The van der Waals surface area contributed by atoms with Crippen LogP contribution in [0.3, 0.4) is 0 Å². The minimum atomic E-state index is -4.56. The van der Waals surface area contributed by atoms with Gasteiger partial charge in [-0.1, -0.05) is 50.2 Å². The number of carbonyl (C=O) groups is 1. The van der Waals surface area contributed by atoms with Gasteiger partial charge in [-0.05, 0) is 96.4 Å². The highest BCUT2D eigenvalue weighted by atomic mass is 19.4. The molecule has 0 unspecified atom stereocenters. The summed E-state index contributed by atoms with van der Waals surface area (Å²) in [6.07, 6.45) is -8.83. The fourth-order valence-corrected chi connectivity index (χ4v) is 5.69. The fraction of sp³-hybridized carbons (Fsp3) is 0.406. The maximum absolute atomic E-state index is 13.9. The first kappa shape index (κ1) is 31.5. The highest BCUT2D eigenvalue weighted by Crippen LogP contribution is 2.42. The smallest absolute Gasteiger partial charge is 0.416 e. The van der Waals surface area contributed by atoms with Crippen LogP contribution in [0.25, 0.3) is 11.1 Å². The molecule has 1 fully saturated rings. The molecule has 1 saturated heterocycles. The van der Waals surface area contributed by atoms with Crippen molar-refractivity contribution in [1.29, 1.82) is 0 Å². The molecule has 0 spiro atoms. The Hall–Kier alpha value is -3.40. The zero-order valence-corrected chi connectivity index (χ0v) is 23.1. The average Bonchev–Trinajstić information content (AvgIpc) is 2.92. The molecule has 10 heteroatoms. The molecule has 0 amide bonds. The van der Waals surface area contributed by atoms with Crippen LogP contribution in [0.15, 0.2) is 66.7 Å². The van der Waals surface area contributed by atoms with Crippen LogP contribution in [0.2, 0.25) is 0 Å². The van der Waals surface area contributed by atoms with E-state index in [1.54, 1.807) is 30.3 Å². The molecule has 4 rings (SSSR count). The van der Waals surface area contributed by atoms with Crippen LogP contribution in [0.5, 0.6) is 0 Å². The van der Waals surface area contributed by atoms with E-state index in [1.807, 2.05) is 18.7 Å². The molecule has 0 aliphatic carbocycles. The molecule has 226 valence electrons. The van der Waals surface area contributed by atoms with E-state index in [-0.39, 0.29) is 31.8 Å². The zero-order valence-electron chi connectivity index (χ0n) is 23.1. The lowest BCUT2D eigenvalue weighted by Crippen LogP contribution is -2.41. The molecule has 3 aromatic carbocycles. The predicted octanol–water partition coefficient (Wildman–Crippen LogP) is 9.09. The summed E-state index contributed by atoms with van der Waals surface area (Å²) in [6, 6.07) is 14.4. The SMILES string of the molecule is CC(C)C[C@@H](C(=O)O)c1ccc([C@H](c2ccc(F)cc2)N2CCC(C(F)(F)F)CC2)c(-c2ccc(C(F)(F)F)cc2)c1.